The summed E-state index contributed by atoms with van der Waals surface area (Å²) in [6, 6.07) is 28.9. The standard InChI is InChI=1S/C31H37N5OS/c1-4-19-32-30(38)35-28-27(33-22-31(2,3)37)25-17-11-12-18-26(25)34-29(28)36(20-23-13-7-5-8-14-23)21-24-15-9-6-10-16-24/h5-18,37H,4,19-22H2,1-3H3,(H,33,34)(H2,32,35,38). The van der Waals surface area contributed by atoms with Crippen LogP contribution in [0.1, 0.15) is 38.3 Å². The normalized spacial score (nSPS) is 11.3. The summed E-state index contributed by atoms with van der Waals surface area (Å²) in [5.74, 6) is 0.787. The van der Waals surface area contributed by atoms with Crippen LogP contribution in [-0.4, -0.2) is 33.9 Å². The number of hydrogen-bond acceptors (Lipinski definition) is 5. The number of thiocarbonyl (C=S) groups is 1. The molecule has 4 aromatic rings. The number of hydrogen-bond donors (Lipinski definition) is 4. The van der Waals surface area contributed by atoms with E-state index in [9.17, 15) is 5.11 Å². The van der Waals surface area contributed by atoms with Crippen molar-refractivity contribution in [3.63, 3.8) is 0 Å². The Labute approximate surface area is 231 Å². The molecule has 0 fully saturated rings. The van der Waals surface area contributed by atoms with E-state index in [1.807, 2.05) is 36.4 Å². The van der Waals surface area contributed by atoms with Gasteiger partial charge in [0.05, 0.1) is 16.8 Å². The highest BCUT2D eigenvalue weighted by Crippen LogP contribution is 2.39. The van der Waals surface area contributed by atoms with Crippen LogP contribution in [0.2, 0.25) is 0 Å². The summed E-state index contributed by atoms with van der Waals surface area (Å²) in [5.41, 5.74) is 3.97. The van der Waals surface area contributed by atoms with Gasteiger partial charge >= 0.3 is 0 Å². The third kappa shape index (κ3) is 7.43. The Morgan fingerprint density at radius 1 is 0.868 bits per heavy atom. The first-order valence-corrected chi connectivity index (χ1v) is 13.5. The number of nitrogens with zero attached hydrogens (tertiary/aromatic N) is 2. The molecule has 4 N–H and O–H groups in total. The molecule has 1 heterocycles. The van der Waals surface area contributed by atoms with E-state index in [1.54, 1.807) is 13.8 Å². The van der Waals surface area contributed by atoms with Crippen molar-refractivity contribution >= 4 is 45.4 Å². The second-order valence-corrected chi connectivity index (χ2v) is 10.5. The maximum atomic E-state index is 10.6. The molecule has 0 atom stereocenters. The van der Waals surface area contributed by atoms with E-state index < -0.39 is 5.60 Å². The van der Waals surface area contributed by atoms with E-state index in [0.29, 0.717) is 24.7 Å². The molecule has 0 amide bonds. The molecule has 1 aromatic heterocycles. The number of fused-ring (bicyclic) bond motifs is 1. The van der Waals surface area contributed by atoms with Crippen LogP contribution in [0.15, 0.2) is 84.9 Å². The number of nitrogens with one attached hydrogen (secondary N) is 3. The lowest BCUT2D eigenvalue weighted by molar-refractivity contribution is 0.0946. The molecule has 7 heteroatoms. The van der Waals surface area contributed by atoms with Crippen molar-refractivity contribution < 1.29 is 5.11 Å². The predicted molar refractivity (Wildman–Crippen MR) is 164 cm³/mol. The zero-order valence-electron chi connectivity index (χ0n) is 22.4. The smallest absolute Gasteiger partial charge is 0.170 e. The first-order chi connectivity index (χ1) is 18.3. The molecular formula is C31H37N5OS. The molecule has 0 aliphatic carbocycles. The van der Waals surface area contributed by atoms with Crippen LogP contribution in [0.25, 0.3) is 10.9 Å². The van der Waals surface area contributed by atoms with E-state index in [1.165, 1.54) is 11.1 Å². The maximum Gasteiger partial charge on any atom is 0.170 e. The lowest BCUT2D eigenvalue weighted by Crippen LogP contribution is -2.33. The summed E-state index contributed by atoms with van der Waals surface area (Å²) in [5, 5.41) is 22.3. The number of aliphatic hydroxyl groups is 1. The number of para-hydroxylation sites is 1. The van der Waals surface area contributed by atoms with Crippen molar-refractivity contribution in [1.82, 2.24) is 10.3 Å². The number of benzene rings is 3. The molecular weight excluding hydrogens is 490 g/mol. The summed E-state index contributed by atoms with van der Waals surface area (Å²) >= 11 is 5.70. The third-order valence-corrected chi connectivity index (χ3v) is 6.32. The van der Waals surface area contributed by atoms with Gasteiger partial charge in [0.15, 0.2) is 10.9 Å². The topological polar surface area (TPSA) is 72.5 Å². The fourth-order valence-corrected chi connectivity index (χ4v) is 4.45. The van der Waals surface area contributed by atoms with Crippen molar-refractivity contribution in [3.05, 3.63) is 96.1 Å². The van der Waals surface area contributed by atoms with Crippen molar-refractivity contribution in [2.24, 2.45) is 0 Å². The van der Waals surface area contributed by atoms with Gasteiger partial charge in [0.1, 0.15) is 5.69 Å². The first kappa shape index (κ1) is 27.4. The summed E-state index contributed by atoms with van der Waals surface area (Å²) < 4.78 is 0. The number of aromatic nitrogens is 1. The Bertz CT molecular complexity index is 1300. The molecule has 0 radical (unpaired) electrons. The molecule has 0 saturated carbocycles. The van der Waals surface area contributed by atoms with Crippen LogP contribution < -0.4 is 20.9 Å². The minimum atomic E-state index is -0.906. The predicted octanol–water partition coefficient (Wildman–Crippen LogP) is 6.32. The van der Waals surface area contributed by atoms with Gasteiger partial charge in [-0.2, -0.15) is 0 Å². The molecule has 0 aliphatic heterocycles. The Kier molecular flexibility index (Phi) is 9.15. The van der Waals surface area contributed by atoms with Gasteiger partial charge in [-0.05, 0) is 49.7 Å². The lowest BCUT2D eigenvalue weighted by Gasteiger charge is -2.30. The highest BCUT2D eigenvalue weighted by atomic mass is 32.1. The highest BCUT2D eigenvalue weighted by Gasteiger charge is 2.23. The first-order valence-electron chi connectivity index (χ1n) is 13.1. The summed E-state index contributed by atoms with van der Waals surface area (Å²) in [4.78, 5) is 7.45. The molecule has 198 valence electrons. The van der Waals surface area contributed by atoms with Gasteiger partial charge in [0, 0.05) is 31.6 Å². The summed E-state index contributed by atoms with van der Waals surface area (Å²) in [7, 11) is 0. The van der Waals surface area contributed by atoms with Gasteiger partial charge < -0.3 is 26.0 Å². The number of rotatable bonds is 11. The highest BCUT2D eigenvalue weighted by molar-refractivity contribution is 7.80. The second kappa shape index (κ2) is 12.7. The Morgan fingerprint density at radius 2 is 1.45 bits per heavy atom. The zero-order valence-corrected chi connectivity index (χ0v) is 23.2. The van der Waals surface area contributed by atoms with Gasteiger partial charge in [0.25, 0.3) is 0 Å². The fourth-order valence-electron chi connectivity index (χ4n) is 4.24. The quantitative estimate of drug-likeness (QED) is 0.170. The van der Waals surface area contributed by atoms with E-state index in [0.717, 1.165) is 41.1 Å². The molecule has 0 spiro atoms. The van der Waals surface area contributed by atoms with Gasteiger partial charge in [-0.1, -0.05) is 85.8 Å². The van der Waals surface area contributed by atoms with Crippen molar-refractivity contribution in [2.45, 2.75) is 45.9 Å². The van der Waals surface area contributed by atoms with Gasteiger partial charge in [-0.25, -0.2) is 4.98 Å². The van der Waals surface area contributed by atoms with Gasteiger partial charge in [-0.15, -0.1) is 0 Å². The molecule has 0 bridgehead atoms. The Balaban J connectivity index is 1.89. The number of pyridine rings is 1. The van der Waals surface area contributed by atoms with E-state index in [-0.39, 0.29) is 0 Å². The van der Waals surface area contributed by atoms with Crippen LogP contribution in [0.3, 0.4) is 0 Å². The molecule has 0 unspecified atom stereocenters. The van der Waals surface area contributed by atoms with Crippen molar-refractivity contribution in [1.29, 1.82) is 0 Å². The largest absolute Gasteiger partial charge is 0.389 e. The second-order valence-electron chi connectivity index (χ2n) is 10.1. The van der Waals surface area contributed by atoms with Crippen LogP contribution in [0, 0.1) is 0 Å². The lowest BCUT2D eigenvalue weighted by atomic mass is 10.1. The van der Waals surface area contributed by atoms with E-state index in [2.05, 4.69) is 76.3 Å². The Morgan fingerprint density at radius 3 is 2.03 bits per heavy atom. The molecule has 4 rings (SSSR count). The van der Waals surface area contributed by atoms with Crippen LogP contribution >= 0.6 is 12.2 Å². The van der Waals surface area contributed by atoms with Crippen LogP contribution in [0.4, 0.5) is 17.2 Å². The Hall–Kier alpha value is -3.68. The molecule has 0 aliphatic rings. The van der Waals surface area contributed by atoms with E-state index >= 15 is 0 Å². The maximum absolute atomic E-state index is 10.6. The molecule has 38 heavy (non-hydrogen) atoms. The van der Waals surface area contributed by atoms with Crippen LogP contribution in [-0.2, 0) is 13.1 Å². The average molecular weight is 528 g/mol. The van der Waals surface area contributed by atoms with E-state index in [4.69, 9.17) is 17.2 Å². The van der Waals surface area contributed by atoms with Crippen LogP contribution in [0.5, 0.6) is 0 Å². The van der Waals surface area contributed by atoms with Crippen molar-refractivity contribution in [2.75, 3.05) is 28.6 Å². The monoisotopic (exact) mass is 527 g/mol. The van der Waals surface area contributed by atoms with Crippen molar-refractivity contribution in [3.8, 4) is 0 Å². The third-order valence-electron chi connectivity index (χ3n) is 6.08. The number of anilines is 3. The average Bonchev–Trinajstić information content (AvgIpc) is 2.91. The molecule has 0 saturated heterocycles. The SMILES string of the molecule is CCCNC(=S)Nc1c(N(Cc2ccccc2)Cc2ccccc2)nc2ccccc2c1NCC(C)(C)O. The fraction of sp³-hybridized carbons (Fsp3) is 0.290. The minimum Gasteiger partial charge on any atom is -0.389 e. The van der Waals surface area contributed by atoms with Gasteiger partial charge in [-0.3, -0.25) is 0 Å². The summed E-state index contributed by atoms with van der Waals surface area (Å²) in [6.45, 7) is 8.15. The summed E-state index contributed by atoms with van der Waals surface area (Å²) in [6.07, 6.45) is 0.961. The molecule has 3 aromatic carbocycles. The van der Waals surface area contributed by atoms with Gasteiger partial charge in [0.2, 0.25) is 0 Å². The minimum absolute atomic E-state index is 0.363. The zero-order chi connectivity index (χ0) is 27.0. The molecule has 6 nitrogen and oxygen atoms in total.